The quantitative estimate of drug-likeness (QED) is 0.629. The molecular weight excluding hydrogens is 154 g/mol. The second-order valence-electron chi connectivity index (χ2n) is 3.77. The van der Waals surface area contributed by atoms with Gasteiger partial charge in [-0.1, -0.05) is 27.7 Å². The van der Waals surface area contributed by atoms with Crippen molar-refractivity contribution >= 4 is 11.5 Å². The Morgan fingerprint density at radius 3 is 2.45 bits per heavy atom. The third kappa shape index (κ3) is 1.80. The Balaban J connectivity index is 3.02. The summed E-state index contributed by atoms with van der Waals surface area (Å²) in [4.78, 5) is 1.43. The first-order chi connectivity index (χ1) is 5.05. The van der Waals surface area contributed by atoms with Gasteiger partial charge in [0.25, 0.3) is 0 Å². The topological polar surface area (TPSA) is 12.9 Å². The predicted octanol–water partition coefficient (Wildman–Crippen LogP) is 3.00. The van der Waals surface area contributed by atoms with Gasteiger partial charge in [-0.05, 0) is 28.9 Å². The molecule has 0 saturated carbocycles. The molecule has 2 heteroatoms. The molecule has 0 aliphatic carbocycles. The van der Waals surface area contributed by atoms with Gasteiger partial charge in [-0.25, -0.2) is 4.37 Å². The molecule has 0 aliphatic rings. The molecule has 0 bridgehead atoms. The van der Waals surface area contributed by atoms with Gasteiger partial charge < -0.3 is 0 Å². The standard InChI is InChI=1S/C9H15NS/c1-5-8-7(6-10-11-8)9(2,3)4/h6H,5H2,1-4H3. The first kappa shape index (κ1) is 8.72. The van der Waals surface area contributed by atoms with Crippen LogP contribution < -0.4 is 0 Å². The molecule has 0 fully saturated rings. The number of rotatable bonds is 1. The molecule has 0 amide bonds. The summed E-state index contributed by atoms with van der Waals surface area (Å²) in [7, 11) is 0. The molecule has 0 aliphatic heterocycles. The summed E-state index contributed by atoms with van der Waals surface area (Å²) >= 11 is 1.63. The first-order valence-corrected chi connectivity index (χ1v) is 4.77. The zero-order valence-corrected chi connectivity index (χ0v) is 8.46. The minimum Gasteiger partial charge on any atom is -0.201 e. The van der Waals surface area contributed by atoms with E-state index >= 15 is 0 Å². The number of hydrogen-bond acceptors (Lipinski definition) is 2. The lowest BCUT2D eigenvalue weighted by atomic mass is 9.87. The highest BCUT2D eigenvalue weighted by Crippen LogP contribution is 2.27. The number of aromatic nitrogens is 1. The average molecular weight is 169 g/mol. The summed E-state index contributed by atoms with van der Waals surface area (Å²) in [5.74, 6) is 0. The van der Waals surface area contributed by atoms with Crippen LogP contribution in [0.25, 0.3) is 0 Å². The van der Waals surface area contributed by atoms with E-state index in [1.165, 1.54) is 10.4 Å². The molecule has 1 heterocycles. The molecule has 0 N–H and O–H groups in total. The van der Waals surface area contributed by atoms with Crippen molar-refractivity contribution in [3.63, 3.8) is 0 Å². The Hall–Kier alpha value is -0.370. The van der Waals surface area contributed by atoms with E-state index in [2.05, 4.69) is 32.1 Å². The van der Waals surface area contributed by atoms with Crippen LogP contribution in [0.2, 0.25) is 0 Å². The Bertz CT molecular complexity index is 232. The van der Waals surface area contributed by atoms with Crippen LogP contribution in [0.3, 0.4) is 0 Å². The number of nitrogens with zero attached hydrogens (tertiary/aromatic N) is 1. The molecular formula is C9H15NS. The molecule has 0 aromatic carbocycles. The summed E-state index contributed by atoms with van der Waals surface area (Å²) in [6, 6.07) is 0. The highest BCUT2D eigenvalue weighted by atomic mass is 32.1. The maximum absolute atomic E-state index is 4.20. The number of aryl methyl sites for hydroxylation is 1. The maximum Gasteiger partial charge on any atom is 0.0447 e. The second-order valence-corrected chi connectivity index (χ2v) is 4.65. The van der Waals surface area contributed by atoms with Crippen molar-refractivity contribution in [3.8, 4) is 0 Å². The molecule has 0 spiro atoms. The number of hydrogen-bond donors (Lipinski definition) is 0. The van der Waals surface area contributed by atoms with Gasteiger partial charge in [0, 0.05) is 11.1 Å². The van der Waals surface area contributed by atoms with Crippen LogP contribution in [0, 0.1) is 0 Å². The van der Waals surface area contributed by atoms with Gasteiger partial charge in [0.2, 0.25) is 0 Å². The smallest absolute Gasteiger partial charge is 0.0447 e. The third-order valence-corrected chi connectivity index (χ3v) is 2.71. The predicted molar refractivity (Wildman–Crippen MR) is 50.2 cm³/mol. The molecule has 0 saturated heterocycles. The monoisotopic (exact) mass is 169 g/mol. The fraction of sp³-hybridized carbons (Fsp3) is 0.667. The van der Waals surface area contributed by atoms with E-state index in [1.807, 2.05) is 6.20 Å². The minimum atomic E-state index is 0.262. The lowest BCUT2D eigenvalue weighted by molar-refractivity contribution is 0.586. The van der Waals surface area contributed by atoms with E-state index in [9.17, 15) is 0 Å². The van der Waals surface area contributed by atoms with Crippen molar-refractivity contribution < 1.29 is 0 Å². The van der Waals surface area contributed by atoms with E-state index in [4.69, 9.17) is 0 Å². The van der Waals surface area contributed by atoms with Crippen LogP contribution in [-0.4, -0.2) is 4.37 Å². The van der Waals surface area contributed by atoms with Crippen molar-refractivity contribution in [1.29, 1.82) is 0 Å². The van der Waals surface area contributed by atoms with Gasteiger partial charge in [0.1, 0.15) is 0 Å². The van der Waals surface area contributed by atoms with Crippen LogP contribution in [0.5, 0.6) is 0 Å². The summed E-state index contributed by atoms with van der Waals surface area (Å²) in [5.41, 5.74) is 1.67. The molecule has 0 unspecified atom stereocenters. The lowest BCUT2D eigenvalue weighted by Gasteiger charge is -2.17. The van der Waals surface area contributed by atoms with Gasteiger partial charge in [-0.15, -0.1) is 0 Å². The Kier molecular flexibility index (Phi) is 2.33. The molecule has 1 aromatic heterocycles. The van der Waals surface area contributed by atoms with Gasteiger partial charge in [-0.2, -0.15) is 0 Å². The summed E-state index contributed by atoms with van der Waals surface area (Å²) in [6.45, 7) is 8.88. The van der Waals surface area contributed by atoms with E-state index in [1.54, 1.807) is 11.5 Å². The van der Waals surface area contributed by atoms with Crippen LogP contribution in [0.1, 0.15) is 38.1 Å². The normalized spacial score (nSPS) is 12.0. The second kappa shape index (κ2) is 2.94. The van der Waals surface area contributed by atoms with E-state index < -0.39 is 0 Å². The molecule has 1 rings (SSSR count). The summed E-state index contributed by atoms with van der Waals surface area (Å²) in [5, 5.41) is 0. The Morgan fingerprint density at radius 1 is 1.45 bits per heavy atom. The lowest BCUT2D eigenvalue weighted by Crippen LogP contribution is -2.11. The van der Waals surface area contributed by atoms with E-state index in [0.717, 1.165) is 6.42 Å². The maximum atomic E-state index is 4.20. The molecule has 11 heavy (non-hydrogen) atoms. The van der Waals surface area contributed by atoms with Gasteiger partial charge >= 0.3 is 0 Å². The van der Waals surface area contributed by atoms with Crippen molar-refractivity contribution in [1.82, 2.24) is 4.37 Å². The van der Waals surface area contributed by atoms with Crippen molar-refractivity contribution in [2.45, 2.75) is 39.5 Å². The van der Waals surface area contributed by atoms with Crippen LogP contribution in [0.15, 0.2) is 6.20 Å². The van der Waals surface area contributed by atoms with Gasteiger partial charge in [0.15, 0.2) is 0 Å². The van der Waals surface area contributed by atoms with Crippen LogP contribution in [-0.2, 0) is 11.8 Å². The molecule has 1 nitrogen and oxygen atoms in total. The van der Waals surface area contributed by atoms with Crippen molar-refractivity contribution in [2.75, 3.05) is 0 Å². The van der Waals surface area contributed by atoms with Crippen LogP contribution in [0.4, 0.5) is 0 Å². The molecule has 0 atom stereocenters. The largest absolute Gasteiger partial charge is 0.201 e. The SMILES string of the molecule is CCc1sncc1C(C)(C)C. The van der Waals surface area contributed by atoms with Crippen molar-refractivity contribution in [3.05, 3.63) is 16.6 Å². The minimum absolute atomic E-state index is 0.262. The average Bonchev–Trinajstić information content (AvgIpc) is 2.31. The fourth-order valence-corrected chi connectivity index (χ4v) is 2.00. The highest BCUT2D eigenvalue weighted by Gasteiger charge is 2.18. The Morgan fingerprint density at radius 2 is 2.09 bits per heavy atom. The third-order valence-electron chi connectivity index (χ3n) is 1.77. The van der Waals surface area contributed by atoms with E-state index in [0.29, 0.717) is 0 Å². The molecule has 1 aromatic rings. The summed E-state index contributed by atoms with van der Waals surface area (Å²) in [6.07, 6.45) is 3.11. The zero-order valence-electron chi connectivity index (χ0n) is 7.64. The van der Waals surface area contributed by atoms with Crippen LogP contribution >= 0.6 is 11.5 Å². The van der Waals surface area contributed by atoms with Gasteiger partial charge in [-0.3, -0.25) is 0 Å². The first-order valence-electron chi connectivity index (χ1n) is 3.99. The zero-order chi connectivity index (χ0) is 8.48. The fourth-order valence-electron chi connectivity index (χ4n) is 1.13. The molecule has 62 valence electrons. The van der Waals surface area contributed by atoms with E-state index in [-0.39, 0.29) is 5.41 Å². The highest BCUT2D eigenvalue weighted by molar-refractivity contribution is 7.05. The molecule has 0 radical (unpaired) electrons. The van der Waals surface area contributed by atoms with Gasteiger partial charge in [0.05, 0.1) is 0 Å². The van der Waals surface area contributed by atoms with Crippen molar-refractivity contribution in [2.24, 2.45) is 0 Å². The summed E-state index contributed by atoms with van der Waals surface area (Å²) < 4.78 is 4.20. The Labute approximate surface area is 72.6 Å².